The third kappa shape index (κ3) is 3.02. The van der Waals surface area contributed by atoms with Crippen LogP contribution in [0.15, 0.2) is 0 Å². The van der Waals surface area contributed by atoms with Gasteiger partial charge in [-0.05, 0) is 45.4 Å². The minimum atomic E-state index is -0.521. The standard InChI is InChI=1S/C14H24FNO3/c1-12(2,3)19-11(17)16-10-14(9-15)8-13(14)4-6-18-7-5-13/h4-10H2,1-3H3,(H,16,17). The van der Waals surface area contributed by atoms with Gasteiger partial charge in [0.05, 0.1) is 6.67 Å². The lowest BCUT2D eigenvalue weighted by molar-refractivity contribution is 0.0334. The van der Waals surface area contributed by atoms with Gasteiger partial charge in [0.15, 0.2) is 0 Å². The Morgan fingerprint density at radius 3 is 2.53 bits per heavy atom. The first kappa shape index (κ1) is 14.6. The molecule has 19 heavy (non-hydrogen) atoms. The monoisotopic (exact) mass is 273 g/mol. The maximum Gasteiger partial charge on any atom is 0.407 e. The predicted molar refractivity (Wildman–Crippen MR) is 69.7 cm³/mol. The Morgan fingerprint density at radius 2 is 2.00 bits per heavy atom. The van der Waals surface area contributed by atoms with E-state index in [4.69, 9.17) is 9.47 Å². The second-order valence-corrected chi connectivity index (χ2v) is 6.84. The molecule has 0 aromatic carbocycles. The van der Waals surface area contributed by atoms with Crippen LogP contribution in [-0.4, -0.2) is 38.1 Å². The van der Waals surface area contributed by atoms with Crippen molar-refractivity contribution in [1.29, 1.82) is 0 Å². The van der Waals surface area contributed by atoms with Gasteiger partial charge in [0.2, 0.25) is 0 Å². The molecule has 4 nitrogen and oxygen atoms in total. The Balaban J connectivity index is 1.86. The molecule has 1 aliphatic heterocycles. The van der Waals surface area contributed by atoms with Crippen molar-refractivity contribution in [2.75, 3.05) is 26.4 Å². The zero-order valence-corrected chi connectivity index (χ0v) is 12.1. The summed E-state index contributed by atoms with van der Waals surface area (Å²) >= 11 is 0. The SMILES string of the molecule is CC(C)(C)OC(=O)NCC1(CF)CC12CCOCC2. The molecular weight excluding hydrogens is 249 g/mol. The first-order valence-electron chi connectivity index (χ1n) is 6.93. The highest BCUT2D eigenvalue weighted by atomic mass is 19.1. The molecule has 1 saturated carbocycles. The summed E-state index contributed by atoms with van der Waals surface area (Å²) in [6.07, 6.45) is 2.17. The van der Waals surface area contributed by atoms with E-state index in [2.05, 4.69) is 5.32 Å². The van der Waals surface area contributed by atoms with E-state index < -0.39 is 17.1 Å². The summed E-state index contributed by atoms with van der Waals surface area (Å²) in [5, 5.41) is 2.72. The van der Waals surface area contributed by atoms with Crippen molar-refractivity contribution in [1.82, 2.24) is 5.32 Å². The van der Waals surface area contributed by atoms with E-state index in [0.29, 0.717) is 19.8 Å². The van der Waals surface area contributed by atoms with Crippen molar-refractivity contribution in [3.8, 4) is 0 Å². The number of amides is 1. The highest BCUT2D eigenvalue weighted by Crippen LogP contribution is 2.68. The van der Waals surface area contributed by atoms with Gasteiger partial charge in [-0.25, -0.2) is 4.79 Å². The molecular formula is C14H24FNO3. The van der Waals surface area contributed by atoms with Crippen molar-refractivity contribution >= 4 is 6.09 Å². The summed E-state index contributed by atoms with van der Waals surface area (Å²) in [5.41, 5.74) is -0.879. The highest BCUT2D eigenvalue weighted by Gasteiger charge is 2.66. The van der Waals surface area contributed by atoms with Gasteiger partial charge >= 0.3 is 6.09 Å². The fourth-order valence-electron chi connectivity index (χ4n) is 3.11. The molecule has 1 saturated heterocycles. The van der Waals surface area contributed by atoms with Crippen molar-refractivity contribution < 1.29 is 18.7 Å². The number of hydrogen-bond acceptors (Lipinski definition) is 3. The van der Waals surface area contributed by atoms with Crippen molar-refractivity contribution in [3.63, 3.8) is 0 Å². The molecule has 0 bridgehead atoms. The molecule has 2 fully saturated rings. The molecule has 1 N–H and O–H groups in total. The van der Waals surface area contributed by atoms with E-state index in [1.807, 2.05) is 20.8 Å². The first-order valence-corrected chi connectivity index (χ1v) is 6.93. The van der Waals surface area contributed by atoms with Crippen LogP contribution in [0, 0.1) is 10.8 Å². The number of carbonyl (C=O) groups is 1. The minimum absolute atomic E-state index is 0.0367. The molecule has 5 heteroatoms. The van der Waals surface area contributed by atoms with Gasteiger partial charge < -0.3 is 14.8 Å². The van der Waals surface area contributed by atoms with Crippen molar-refractivity contribution in [2.45, 2.75) is 45.6 Å². The summed E-state index contributed by atoms with van der Waals surface area (Å²) in [6, 6.07) is 0. The van der Waals surface area contributed by atoms with Gasteiger partial charge in [0.25, 0.3) is 0 Å². The molecule has 1 unspecified atom stereocenters. The fraction of sp³-hybridized carbons (Fsp3) is 0.929. The number of halogens is 1. The van der Waals surface area contributed by atoms with E-state index in [-0.39, 0.29) is 12.1 Å². The molecule has 1 heterocycles. The summed E-state index contributed by atoms with van der Waals surface area (Å²) in [6.45, 7) is 6.82. The number of nitrogens with one attached hydrogen (secondary N) is 1. The molecule has 1 amide bonds. The average molecular weight is 273 g/mol. The van der Waals surface area contributed by atoms with Crippen LogP contribution < -0.4 is 5.32 Å². The number of ether oxygens (including phenoxy) is 2. The van der Waals surface area contributed by atoms with Crippen LogP contribution in [0.5, 0.6) is 0 Å². The van der Waals surface area contributed by atoms with Gasteiger partial charge in [0.1, 0.15) is 5.60 Å². The lowest BCUT2D eigenvalue weighted by atomic mass is 9.86. The zero-order valence-electron chi connectivity index (χ0n) is 12.1. The minimum Gasteiger partial charge on any atom is -0.444 e. The fourth-order valence-corrected chi connectivity index (χ4v) is 3.11. The normalized spacial score (nSPS) is 29.1. The van der Waals surface area contributed by atoms with Crippen LogP contribution in [0.3, 0.4) is 0 Å². The van der Waals surface area contributed by atoms with E-state index in [0.717, 1.165) is 19.3 Å². The lowest BCUT2D eigenvalue weighted by Gasteiger charge is -2.28. The number of rotatable bonds is 3. The maximum absolute atomic E-state index is 13.4. The summed E-state index contributed by atoms with van der Waals surface area (Å²) < 4.78 is 23.9. The summed E-state index contributed by atoms with van der Waals surface area (Å²) in [7, 11) is 0. The van der Waals surface area contributed by atoms with Gasteiger partial charge in [0, 0.05) is 25.2 Å². The number of hydrogen-bond donors (Lipinski definition) is 1. The van der Waals surface area contributed by atoms with E-state index in [1.54, 1.807) is 0 Å². The van der Waals surface area contributed by atoms with Crippen LogP contribution in [0.2, 0.25) is 0 Å². The Bertz CT molecular complexity index is 347. The molecule has 2 aliphatic rings. The molecule has 0 radical (unpaired) electrons. The summed E-state index contributed by atoms with van der Waals surface area (Å²) in [4.78, 5) is 11.6. The molecule has 110 valence electrons. The highest BCUT2D eigenvalue weighted by molar-refractivity contribution is 5.67. The Kier molecular flexibility index (Phi) is 3.78. The summed E-state index contributed by atoms with van der Waals surface area (Å²) in [5.74, 6) is 0. The van der Waals surface area contributed by atoms with Crippen LogP contribution in [-0.2, 0) is 9.47 Å². The second-order valence-electron chi connectivity index (χ2n) is 6.84. The quantitative estimate of drug-likeness (QED) is 0.860. The van der Waals surface area contributed by atoms with Gasteiger partial charge in [-0.15, -0.1) is 0 Å². The first-order chi connectivity index (χ1) is 8.83. The molecule has 2 rings (SSSR count). The molecule has 0 aromatic heterocycles. The molecule has 1 spiro atoms. The van der Waals surface area contributed by atoms with Crippen LogP contribution >= 0.6 is 0 Å². The van der Waals surface area contributed by atoms with Gasteiger partial charge in [-0.3, -0.25) is 4.39 Å². The topological polar surface area (TPSA) is 47.6 Å². The van der Waals surface area contributed by atoms with Crippen LogP contribution in [0.1, 0.15) is 40.0 Å². The van der Waals surface area contributed by atoms with Crippen molar-refractivity contribution in [3.05, 3.63) is 0 Å². The third-order valence-electron chi connectivity index (χ3n) is 4.35. The Labute approximate surface area is 114 Å². The smallest absolute Gasteiger partial charge is 0.407 e. The number of alkyl carbamates (subject to hydrolysis) is 1. The Hall–Kier alpha value is -0.840. The van der Waals surface area contributed by atoms with Gasteiger partial charge in [-0.2, -0.15) is 0 Å². The predicted octanol–water partition coefficient (Wildman–Crippen LogP) is 2.67. The van der Waals surface area contributed by atoms with Crippen LogP contribution in [0.25, 0.3) is 0 Å². The number of carbonyl (C=O) groups excluding carboxylic acids is 1. The second kappa shape index (κ2) is 4.93. The molecule has 1 atom stereocenters. The molecule has 0 aromatic rings. The average Bonchev–Trinajstić information content (AvgIpc) is 2.93. The number of alkyl halides is 1. The van der Waals surface area contributed by atoms with E-state index >= 15 is 0 Å². The van der Waals surface area contributed by atoms with E-state index in [1.165, 1.54) is 0 Å². The largest absolute Gasteiger partial charge is 0.444 e. The van der Waals surface area contributed by atoms with E-state index in [9.17, 15) is 9.18 Å². The zero-order chi connectivity index (χ0) is 14.1. The maximum atomic E-state index is 13.4. The Morgan fingerprint density at radius 1 is 1.37 bits per heavy atom. The van der Waals surface area contributed by atoms with Gasteiger partial charge in [-0.1, -0.05) is 0 Å². The third-order valence-corrected chi connectivity index (χ3v) is 4.35. The van der Waals surface area contributed by atoms with Crippen molar-refractivity contribution in [2.24, 2.45) is 10.8 Å². The lowest BCUT2D eigenvalue weighted by Crippen LogP contribution is -2.39. The molecule has 1 aliphatic carbocycles. The van der Waals surface area contributed by atoms with Crippen LogP contribution in [0.4, 0.5) is 9.18 Å².